The molecule has 1 saturated heterocycles. The summed E-state index contributed by atoms with van der Waals surface area (Å²) in [6.45, 7) is 6.69. The molecule has 5 heteroatoms. The van der Waals surface area contributed by atoms with Gasteiger partial charge in [-0.2, -0.15) is 0 Å². The summed E-state index contributed by atoms with van der Waals surface area (Å²) in [4.78, 5) is 6.71. The molecule has 0 amide bonds. The molecule has 2 rings (SSSR count). The van der Waals surface area contributed by atoms with E-state index in [9.17, 15) is 0 Å². The second-order valence-corrected chi connectivity index (χ2v) is 5.19. The van der Waals surface area contributed by atoms with Crippen molar-refractivity contribution in [1.29, 1.82) is 0 Å². The van der Waals surface area contributed by atoms with E-state index in [1.54, 1.807) is 0 Å². The van der Waals surface area contributed by atoms with E-state index in [1.807, 2.05) is 13.8 Å². The Kier molecular flexibility index (Phi) is 4.82. The van der Waals surface area contributed by atoms with Crippen LogP contribution in [0, 0.1) is 13.8 Å². The Bertz CT molecular complexity index is 411. The summed E-state index contributed by atoms with van der Waals surface area (Å²) in [6, 6.07) is 0. The van der Waals surface area contributed by atoms with Crippen LogP contribution in [0.4, 0.5) is 0 Å². The molecular weight excluding hydrogens is 240 g/mol. The van der Waals surface area contributed by atoms with Crippen molar-refractivity contribution < 1.29 is 4.52 Å². The van der Waals surface area contributed by atoms with Gasteiger partial charge < -0.3 is 15.2 Å². The summed E-state index contributed by atoms with van der Waals surface area (Å²) in [7, 11) is 0. The van der Waals surface area contributed by atoms with Crippen LogP contribution in [-0.2, 0) is 6.42 Å². The van der Waals surface area contributed by atoms with Gasteiger partial charge in [-0.05, 0) is 33.1 Å². The lowest BCUT2D eigenvalue weighted by atomic mass is 10.1. The summed E-state index contributed by atoms with van der Waals surface area (Å²) in [5.74, 6) is 1.58. The molecule has 0 unspecified atom stereocenters. The third-order valence-electron chi connectivity index (χ3n) is 3.75. The molecule has 5 nitrogen and oxygen atoms in total. The summed E-state index contributed by atoms with van der Waals surface area (Å²) >= 11 is 0. The van der Waals surface area contributed by atoms with Crippen LogP contribution in [0.5, 0.6) is 0 Å². The lowest BCUT2D eigenvalue weighted by Crippen LogP contribution is -2.38. The smallest absolute Gasteiger partial charge is 0.191 e. The zero-order valence-electron chi connectivity index (χ0n) is 12.0. The Morgan fingerprint density at radius 3 is 2.53 bits per heavy atom. The zero-order valence-corrected chi connectivity index (χ0v) is 12.0. The molecule has 1 aromatic rings. The molecule has 0 saturated carbocycles. The number of hydrogen-bond acceptors (Lipinski definition) is 3. The maximum Gasteiger partial charge on any atom is 0.191 e. The fraction of sp³-hybridized carbons (Fsp3) is 0.714. The number of aryl methyl sites for hydroxylation is 2. The first kappa shape index (κ1) is 13.9. The Hall–Kier alpha value is -1.52. The van der Waals surface area contributed by atoms with Crippen molar-refractivity contribution in [2.45, 2.75) is 46.0 Å². The van der Waals surface area contributed by atoms with Crippen LogP contribution in [0.25, 0.3) is 0 Å². The average Bonchev–Trinajstić information content (AvgIpc) is 2.64. The number of rotatable bonds is 3. The third kappa shape index (κ3) is 3.72. The number of nitrogens with zero attached hydrogens (tertiary/aromatic N) is 3. The summed E-state index contributed by atoms with van der Waals surface area (Å²) < 4.78 is 5.15. The third-order valence-corrected chi connectivity index (χ3v) is 3.75. The first-order valence-corrected chi connectivity index (χ1v) is 7.15. The summed E-state index contributed by atoms with van der Waals surface area (Å²) in [5, 5.41) is 3.95. The number of guanidine groups is 1. The van der Waals surface area contributed by atoms with Crippen LogP contribution in [0.2, 0.25) is 0 Å². The minimum atomic E-state index is 0.689. The van der Waals surface area contributed by atoms with Gasteiger partial charge in [-0.1, -0.05) is 18.0 Å². The molecule has 0 aliphatic carbocycles. The topological polar surface area (TPSA) is 67.6 Å². The predicted octanol–water partition coefficient (Wildman–Crippen LogP) is 2.02. The molecule has 0 bridgehead atoms. The van der Waals surface area contributed by atoms with E-state index < -0.39 is 0 Å². The largest absolute Gasteiger partial charge is 0.370 e. The van der Waals surface area contributed by atoms with Gasteiger partial charge in [0.15, 0.2) is 5.96 Å². The van der Waals surface area contributed by atoms with Gasteiger partial charge in [-0.15, -0.1) is 0 Å². The van der Waals surface area contributed by atoms with E-state index in [0.717, 1.165) is 36.5 Å². The van der Waals surface area contributed by atoms with Crippen LogP contribution < -0.4 is 5.73 Å². The SMILES string of the molecule is Cc1noc(C)c1CCN=C(N)N1CCCCCC1. The number of likely N-dealkylation sites (tertiary alicyclic amines) is 1. The Morgan fingerprint density at radius 1 is 1.26 bits per heavy atom. The first-order valence-electron chi connectivity index (χ1n) is 7.15. The molecule has 1 aliphatic rings. The van der Waals surface area contributed by atoms with Crippen LogP contribution in [0.15, 0.2) is 9.52 Å². The number of nitrogens with two attached hydrogens (primary N) is 1. The van der Waals surface area contributed by atoms with Gasteiger partial charge in [0.1, 0.15) is 5.76 Å². The van der Waals surface area contributed by atoms with Crippen molar-refractivity contribution in [2.24, 2.45) is 10.7 Å². The number of aromatic nitrogens is 1. The van der Waals surface area contributed by atoms with E-state index in [0.29, 0.717) is 12.5 Å². The highest BCUT2D eigenvalue weighted by molar-refractivity contribution is 5.78. The van der Waals surface area contributed by atoms with Crippen LogP contribution in [-0.4, -0.2) is 35.7 Å². The quantitative estimate of drug-likeness (QED) is 0.670. The second kappa shape index (κ2) is 6.59. The lowest BCUT2D eigenvalue weighted by molar-refractivity contribution is 0.392. The average molecular weight is 264 g/mol. The molecule has 2 heterocycles. The molecule has 0 radical (unpaired) electrons. The van der Waals surface area contributed by atoms with Crippen molar-refractivity contribution >= 4 is 5.96 Å². The van der Waals surface area contributed by atoms with Crippen molar-refractivity contribution in [2.75, 3.05) is 19.6 Å². The fourth-order valence-electron chi connectivity index (χ4n) is 2.54. The van der Waals surface area contributed by atoms with Gasteiger partial charge in [0, 0.05) is 25.2 Å². The Morgan fingerprint density at radius 2 is 1.95 bits per heavy atom. The van der Waals surface area contributed by atoms with Crippen molar-refractivity contribution in [3.63, 3.8) is 0 Å². The van der Waals surface area contributed by atoms with Crippen LogP contribution >= 0.6 is 0 Å². The molecule has 0 atom stereocenters. The molecule has 2 N–H and O–H groups in total. The fourth-order valence-corrected chi connectivity index (χ4v) is 2.54. The maximum absolute atomic E-state index is 6.07. The lowest BCUT2D eigenvalue weighted by Gasteiger charge is -2.21. The molecular formula is C14H24N4O. The van der Waals surface area contributed by atoms with E-state index in [2.05, 4.69) is 15.0 Å². The Labute approximate surface area is 114 Å². The molecule has 0 spiro atoms. The minimum Gasteiger partial charge on any atom is -0.370 e. The molecule has 1 fully saturated rings. The number of aliphatic imine (C=N–C) groups is 1. The summed E-state index contributed by atoms with van der Waals surface area (Å²) in [5.41, 5.74) is 8.19. The highest BCUT2D eigenvalue weighted by Crippen LogP contribution is 2.13. The van der Waals surface area contributed by atoms with Crippen LogP contribution in [0.3, 0.4) is 0 Å². The normalized spacial score (nSPS) is 17.6. The number of hydrogen-bond donors (Lipinski definition) is 1. The molecule has 106 valence electrons. The van der Waals surface area contributed by atoms with Gasteiger partial charge in [0.2, 0.25) is 0 Å². The van der Waals surface area contributed by atoms with Gasteiger partial charge in [-0.25, -0.2) is 0 Å². The van der Waals surface area contributed by atoms with Gasteiger partial charge in [-0.3, -0.25) is 4.99 Å². The summed E-state index contributed by atoms with van der Waals surface area (Å²) in [6.07, 6.45) is 5.90. The zero-order chi connectivity index (χ0) is 13.7. The van der Waals surface area contributed by atoms with Gasteiger partial charge in [0.05, 0.1) is 5.69 Å². The standard InChI is InChI=1S/C14H24N4O/c1-11-13(12(2)19-17-11)7-8-16-14(15)18-9-5-3-4-6-10-18/h3-10H2,1-2H3,(H2,15,16). The second-order valence-electron chi connectivity index (χ2n) is 5.19. The van der Waals surface area contributed by atoms with Crippen molar-refractivity contribution in [3.8, 4) is 0 Å². The Balaban J connectivity index is 1.87. The van der Waals surface area contributed by atoms with E-state index in [4.69, 9.17) is 10.3 Å². The minimum absolute atomic E-state index is 0.689. The highest BCUT2D eigenvalue weighted by Gasteiger charge is 2.11. The van der Waals surface area contributed by atoms with Crippen LogP contribution in [0.1, 0.15) is 42.7 Å². The molecule has 1 aliphatic heterocycles. The molecule has 0 aromatic carbocycles. The van der Waals surface area contributed by atoms with Gasteiger partial charge >= 0.3 is 0 Å². The first-order chi connectivity index (χ1) is 9.18. The highest BCUT2D eigenvalue weighted by atomic mass is 16.5. The predicted molar refractivity (Wildman–Crippen MR) is 76.2 cm³/mol. The maximum atomic E-state index is 6.07. The monoisotopic (exact) mass is 264 g/mol. The van der Waals surface area contributed by atoms with Crippen molar-refractivity contribution in [1.82, 2.24) is 10.1 Å². The van der Waals surface area contributed by atoms with E-state index in [-0.39, 0.29) is 0 Å². The molecule has 19 heavy (non-hydrogen) atoms. The van der Waals surface area contributed by atoms with E-state index in [1.165, 1.54) is 25.7 Å². The van der Waals surface area contributed by atoms with E-state index >= 15 is 0 Å². The van der Waals surface area contributed by atoms with Crippen molar-refractivity contribution in [3.05, 3.63) is 17.0 Å². The van der Waals surface area contributed by atoms with Gasteiger partial charge in [0.25, 0.3) is 0 Å². The molecule has 1 aromatic heterocycles.